The topological polar surface area (TPSA) is 0 Å². The van der Waals surface area contributed by atoms with Gasteiger partial charge in [-0.1, -0.05) is 0 Å². The maximum absolute atomic E-state index is 2.54. The van der Waals surface area contributed by atoms with Crippen LogP contribution >= 0.6 is 0 Å². The summed E-state index contributed by atoms with van der Waals surface area (Å²) < 4.78 is 1.69. The molecule has 58 valence electrons. The van der Waals surface area contributed by atoms with E-state index in [0.29, 0.717) is 0 Å². The first-order valence-electron chi connectivity index (χ1n) is 4.21. The number of hydrogen-bond donors (Lipinski definition) is 0. The quantitative estimate of drug-likeness (QED) is 0.623. The van der Waals surface area contributed by atoms with Crippen molar-refractivity contribution in [3.05, 3.63) is 30.3 Å². The molecule has 0 unspecified atom stereocenters. The van der Waals surface area contributed by atoms with Crippen molar-refractivity contribution in [3.8, 4) is 0 Å². The Morgan fingerprint density at radius 3 is 2.18 bits per heavy atom. The Morgan fingerprint density at radius 2 is 1.73 bits per heavy atom. The fourth-order valence-corrected chi connectivity index (χ4v) is 7.29. The van der Waals surface area contributed by atoms with Crippen molar-refractivity contribution < 1.29 is 0 Å². The van der Waals surface area contributed by atoms with E-state index in [1.165, 1.54) is 6.42 Å². The summed E-state index contributed by atoms with van der Waals surface area (Å²) in [5.41, 5.74) is 2.54. The van der Waals surface area contributed by atoms with E-state index in [2.05, 4.69) is 36.0 Å². The molecule has 0 spiro atoms. The standard InChI is InChI=1S/C10H14As/c1-11(8-5-9-11)10-6-3-2-4-7-10/h2-4,6-7H,5,8-9H2,1H3/q+1. The zero-order valence-corrected chi connectivity index (χ0v) is 8.83. The fourth-order valence-electron chi connectivity index (χ4n) is 1.68. The summed E-state index contributed by atoms with van der Waals surface area (Å²) in [7, 11) is 0. The zero-order valence-electron chi connectivity index (χ0n) is 6.96. The Balaban J connectivity index is 2.29. The molecule has 1 fully saturated rings. The predicted octanol–water partition coefficient (Wildman–Crippen LogP) is 2.38. The molecule has 0 atom stereocenters. The van der Waals surface area contributed by atoms with E-state index in [1.807, 2.05) is 0 Å². The second-order valence-electron chi connectivity index (χ2n) is 3.53. The molecule has 11 heavy (non-hydrogen) atoms. The van der Waals surface area contributed by atoms with Gasteiger partial charge in [0.1, 0.15) is 0 Å². The number of hydrogen-bond acceptors (Lipinski definition) is 0. The molecule has 0 nitrogen and oxygen atoms in total. The van der Waals surface area contributed by atoms with E-state index >= 15 is 0 Å². The van der Waals surface area contributed by atoms with Gasteiger partial charge in [0.05, 0.1) is 0 Å². The van der Waals surface area contributed by atoms with Crippen LogP contribution in [0.3, 0.4) is 0 Å². The van der Waals surface area contributed by atoms with Crippen LogP contribution < -0.4 is 4.35 Å². The molecule has 1 heteroatoms. The Hall–Kier alpha value is -0.222. The third-order valence-corrected chi connectivity index (χ3v) is 11.4. The Kier molecular flexibility index (Phi) is 1.81. The van der Waals surface area contributed by atoms with Crippen LogP contribution in [0.4, 0.5) is 0 Å². The van der Waals surface area contributed by atoms with Gasteiger partial charge in [-0.3, -0.25) is 0 Å². The van der Waals surface area contributed by atoms with Crippen LogP contribution in [0, 0.1) is 0 Å². The van der Waals surface area contributed by atoms with Crippen LogP contribution in [0.15, 0.2) is 30.3 Å². The van der Waals surface area contributed by atoms with Crippen LogP contribution in [-0.2, 0) is 0 Å². The van der Waals surface area contributed by atoms with Crippen LogP contribution in [0.5, 0.6) is 0 Å². The first-order chi connectivity index (χ1) is 5.31. The Morgan fingerprint density at radius 1 is 1.09 bits per heavy atom. The monoisotopic (exact) mass is 209 g/mol. The molecule has 0 amide bonds. The van der Waals surface area contributed by atoms with Gasteiger partial charge in [0.15, 0.2) is 0 Å². The molecule has 1 aromatic carbocycles. The summed E-state index contributed by atoms with van der Waals surface area (Å²) in [6.45, 7) is 0. The minimum atomic E-state index is -1.20. The average Bonchev–Trinajstić information content (AvgIpc) is 2.02. The van der Waals surface area contributed by atoms with E-state index in [9.17, 15) is 0 Å². The summed E-state index contributed by atoms with van der Waals surface area (Å²) >= 11 is -1.20. The molecular weight excluding hydrogens is 195 g/mol. The molecule has 0 aromatic heterocycles. The molecule has 1 aromatic rings. The Bertz CT molecular complexity index is 236. The van der Waals surface area contributed by atoms with Gasteiger partial charge < -0.3 is 0 Å². The van der Waals surface area contributed by atoms with E-state index in [4.69, 9.17) is 0 Å². The van der Waals surface area contributed by atoms with Crippen LogP contribution in [0.2, 0.25) is 16.1 Å². The first-order valence-corrected chi connectivity index (χ1v) is 9.68. The zero-order chi connectivity index (χ0) is 7.73. The van der Waals surface area contributed by atoms with E-state index < -0.39 is 13.6 Å². The van der Waals surface area contributed by atoms with E-state index in [0.717, 1.165) is 0 Å². The van der Waals surface area contributed by atoms with Gasteiger partial charge in [-0.15, -0.1) is 0 Å². The third kappa shape index (κ3) is 1.25. The van der Waals surface area contributed by atoms with Crippen LogP contribution in [-0.4, -0.2) is 13.6 Å². The average molecular weight is 209 g/mol. The summed E-state index contributed by atoms with van der Waals surface area (Å²) in [6, 6.07) is 11.1. The second kappa shape index (κ2) is 2.68. The second-order valence-corrected chi connectivity index (χ2v) is 12.3. The van der Waals surface area contributed by atoms with Gasteiger partial charge in [-0.05, 0) is 0 Å². The predicted molar refractivity (Wildman–Crippen MR) is 51.9 cm³/mol. The summed E-state index contributed by atoms with van der Waals surface area (Å²) in [5, 5.41) is 3.09. The van der Waals surface area contributed by atoms with Crippen molar-refractivity contribution in [2.45, 2.75) is 22.5 Å². The van der Waals surface area contributed by atoms with Crippen molar-refractivity contribution in [2.24, 2.45) is 0 Å². The summed E-state index contributed by atoms with van der Waals surface area (Å²) in [5.74, 6) is 0. The minimum absolute atomic E-state index is 1.20. The van der Waals surface area contributed by atoms with Gasteiger partial charge in [0.2, 0.25) is 0 Å². The van der Waals surface area contributed by atoms with Crippen molar-refractivity contribution in [3.63, 3.8) is 0 Å². The van der Waals surface area contributed by atoms with E-state index in [1.54, 1.807) is 14.8 Å². The summed E-state index contributed by atoms with van der Waals surface area (Å²) in [4.78, 5) is 0. The molecule has 0 radical (unpaired) electrons. The molecule has 0 N–H and O–H groups in total. The van der Waals surface area contributed by atoms with Crippen molar-refractivity contribution in [1.82, 2.24) is 0 Å². The maximum atomic E-state index is 2.54. The van der Waals surface area contributed by atoms with Crippen molar-refractivity contribution in [2.75, 3.05) is 0 Å². The molecule has 1 aliphatic heterocycles. The van der Waals surface area contributed by atoms with Gasteiger partial charge in [-0.2, -0.15) is 0 Å². The molecular formula is C10H14As+. The first kappa shape index (κ1) is 7.43. The van der Waals surface area contributed by atoms with Gasteiger partial charge in [-0.25, -0.2) is 0 Å². The molecule has 0 saturated carbocycles. The van der Waals surface area contributed by atoms with Crippen LogP contribution in [0.25, 0.3) is 0 Å². The molecule has 2 rings (SSSR count). The molecule has 1 aliphatic rings. The van der Waals surface area contributed by atoms with Crippen LogP contribution in [0.1, 0.15) is 6.42 Å². The van der Waals surface area contributed by atoms with Crippen molar-refractivity contribution >= 4 is 17.9 Å². The molecule has 1 heterocycles. The van der Waals surface area contributed by atoms with Crippen molar-refractivity contribution in [1.29, 1.82) is 0 Å². The van der Waals surface area contributed by atoms with E-state index in [-0.39, 0.29) is 0 Å². The molecule has 1 saturated heterocycles. The summed E-state index contributed by atoms with van der Waals surface area (Å²) in [6.07, 6.45) is 1.48. The van der Waals surface area contributed by atoms with Gasteiger partial charge in [0, 0.05) is 0 Å². The number of rotatable bonds is 1. The molecule has 0 aliphatic carbocycles. The Labute approximate surface area is 71.1 Å². The third-order valence-electron chi connectivity index (χ3n) is 2.68. The van der Waals surface area contributed by atoms with Gasteiger partial charge >= 0.3 is 70.8 Å². The number of benzene rings is 1. The SMILES string of the molecule is C[As+]1(c2ccccc2)CCC1. The van der Waals surface area contributed by atoms with Gasteiger partial charge in [0.25, 0.3) is 0 Å². The molecule has 0 bridgehead atoms. The normalized spacial score (nSPS) is 20.8. The fraction of sp³-hybridized carbons (Fsp3) is 0.400.